The highest BCUT2D eigenvalue weighted by molar-refractivity contribution is 5.94. The molecular formula is C18H17N5O4. The molecule has 0 spiro atoms. The third-order valence-electron chi connectivity index (χ3n) is 3.94. The monoisotopic (exact) mass is 367 g/mol. The maximum Gasteiger partial charge on any atom is 0.270 e. The van der Waals surface area contributed by atoms with Crippen molar-refractivity contribution in [3.63, 3.8) is 0 Å². The van der Waals surface area contributed by atoms with Gasteiger partial charge < -0.3 is 14.8 Å². The number of hydrogen-bond acceptors (Lipinski definition) is 6. The number of anilines is 1. The number of H-pyrrole nitrogens is 1. The van der Waals surface area contributed by atoms with E-state index in [4.69, 9.17) is 9.47 Å². The number of nitrogens with zero attached hydrogens (tertiary/aromatic N) is 3. The third kappa shape index (κ3) is 3.39. The minimum atomic E-state index is -0.812. The molecule has 0 saturated carbocycles. The third-order valence-corrected chi connectivity index (χ3v) is 3.94. The van der Waals surface area contributed by atoms with E-state index < -0.39 is 6.10 Å². The maximum atomic E-state index is 12.7. The van der Waals surface area contributed by atoms with E-state index in [2.05, 4.69) is 20.4 Å². The summed E-state index contributed by atoms with van der Waals surface area (Å²) in [6.07, 6.45) is -0.812. The highest BCUT2D eigenvalue weighted by Crippen LogP contribution is 2.31. The van der Waals surface area contributed by atoms with Crippen LogP contribution in [0.25, 0.3) is 5.95 Å². The first-order valence-corrected chi connectivity index (χ1v) is 8.34. The maximum absolute atomic E-state index is 12.7. The van der Waals surface area contributed by atoms with Crippen molar-refractivity contribution in [2.45, 2.75) is 20.0 Å². The normalized spacial score (nSPS) is 15.4. The van der Waals surface area contributed by atoms with E-state index in [1.165, 1.54) is 10.7 Å². The van der Waals surface area contributed by atoms with Crippen molar-refractivity contribution in [1.29, 1.82) is 0 Å². The summed E-state index contributed by atoms with van der Waals surface area (Å²) in [6.45, 7) is 3.57. The van der Waals surface area contributed by atoms with Crippen LogP contribution in [0.2, 0.25) is 0 Å². The van der Waals surface area contributed by atoms with Gasteiger partial charge >= 0.3 is 0 Å². The van der Waals surface area contributed by atoms with Gasteiger partial charge in [-0.1, -0.05) is 12.1 Å². The summed E-state index contributed by atoms with van der Waals surface area (Å²) < 4.78 is 12.7. The quantitative estimate of drug-likeness (QED) is 0.723. The number of aromatic amines is 1. The van der Waals surface area contributed by atoms with Crippen LogP contribution < -0.4 is 20.3 Å². The first kappa shape index (κ1) is 16.8. The number of aryl methyl sites for hydroxylation is 2. The topological polar surface area (TPSA) is 111 Å². The molecule has 1 unspecified atom stereocenters. The molecule has 1 aromatic carbocycles. The number of carbonyl (C=O) groups is 1. The summed E-state index contributed by atoms with van der Waals surface area (Å²) >= 11 is 0. The van der Waals surface area contributed by atoms with E-state index in [-0.39, 0.29) is 24.0 Å². The van der Waals surface area contributed by atoms with E-state index in [1.54, 1.807) is 38.1 Å². The van der Waals surface area contributed by atoms with Gasteiger partial charge in [-0.3, -0.25) is 14.6 Å². The molecule has 1 atom stereocenters. The Morgan fingerprint density at radius 2 is 2.00 bits per heavy atom. The molecule has 0 radical (unpaired) electrons. The summed E-state index contributed by atoms with van der Waals surface area (Å²) in [5, 5.41) is 7.06. The number of nitrogens with one attached hydrogen (secondary N) is 2. The van der Waals surface area contributed by atoms with E-state index in [1.807, 2.05) is 6.07 Å². The number of amides is 1. The predicted octanol–water partition coefficient (Wildman–Crippen LogP) is 1.35. The number of ether oxygens (including phenoxy) is 2. The highest BCUT2D eigenvalue weighted by Gasteiger charge is 2.28. The lowest BCUT2D eigenvalue weighted by Gasteiger charge is -2.25. The van der Waals surface area contributed by atoms with E-state index in [0.29, 0.717) is 28.7 Å². The largest absolute Gasteiger partial charge is 0.485 e. The van der Waals surface area contributed by atoms with Crippen molar-refractivity contribution in [2.75, 3.05) is 11.9 Å². The molecule has 9 heteroatoms. The van der Waals surface area contributed by atoms with Crippen LogP contribution in [-0.2, 0) is 4.79 Å². The molecule has 0 saturated heterocycles. The molecule has 1 aliphatic rings. The Labute approximate surface area is 154 Å². The van der Waals surface area contributed by atoms with Crippen molar-refractivity contribution in [3.05, 3.63) is 58.1 Å². The van der Waals surface area contributed by atoms with Crippen LogP contribution in [0.3, 0.4) is 0 Å². The van der Waals surface area contributed by atoms with Gasteiger partial charge in [-0.2, -0.15) is 9.78 Å². The molecule has 2 aromatic heterocycles. The van der Waals surface area contributed by atoms with E-state index >= 15 is 0 Å². The molecular weight excluding hydrogens is 350 g/mol. The summed E-state index contributed by atoms with van der Waals surface area (Å²) in [4.78, 5) is 31.3. The van der Waals surface area contributed by atoms with Gasteiger partial charge in [-0.25, -0.2) is 4.98 Å². The average molecular weight is 367 g/mol. The lowest BCUT2D eigenvalue weighted by atomic mass is 10.2. The van der Waals surface area contributed by atoms with Crippen molar-refractivity contribution >= 4 is 11.7 Å². The zero-order valence-electron chi connectivity index (χ0n) is 14.7. The number of carbonyl (C=O) groups excluding carboxylic acids is 1. The minimum Gasteiger partial charge on any atom is -0.485 e. The number of hydrogen-bond donors (Lipinski definition) is 2. The van der Waals surface area contributed by atoms with Crippen LogP contribution in [0.5, 0.6) is 11.5 Å². The molecule has 0 aliphatic carbocycles. The molecule has 0 fully saturated rings. The lowest BCUT2D eigenvalue weighted by Crippen LogP contribution is -2.40. The number of fused-ring (bicyclic) bond motifs is 1. The summed E-state index contributed by atoms with van der Waals surface area (Å²) in [5.74, 6) is 1.31. The van der Waals surface area contributed by atoms with Crippen LogP contribution >= 0.6 is 0 Å². The van der Waals surface area contributed by atoms with Gasteiger partial charge in [0, 0.05) is 17.8 Å². The van der Waals surface area contributed by atoms with Crippen molar-refractivity contribution in [1.82, 2.24) is 19.7 Å². The van der Waals surface area contributed by atoms with Crippen LogP contribution in [0, 0.1) is 13.8 Å². The van der Waals surface area contributed by atoms with Gasteiger partial charge in [0.25, 0.3) is 11.5 Å². The zero-order valence-corrected chi connectivity index (χ0v) is 14.7. The van der Waals surface area contributed by atoms with Crippen molar-refractivity contribution in [2.24, 2.45) is 0 Å². The van der Waals surface area contributed by atoms with Crippen LogP contribution in [0.1, 0.15) is 11.4 Å². The van der Waals surface area contributed by atoms with Crippen molar-refractivity contribution < 1.29 is 14.3 Å². The van der Waals surface area contributed by atoms with Gasteiger partial charge in [0.2, 0.25) is 12.1 Å². The number of rotatable bonds is 3. The number of benzene rings is 1. The smallest absolute Gasteiger partial charge is 0.270 e. The molecule has 3 heterocycles. The standard InChI is InChI=1S/C18H17N5O4/c1-10-8-16(24)21-18(19-10)23-15(7-11(2)22-23)20-17(25)14-9-26-12-5-3-4-6-13(12)27-14/h3-8,14H,9H2,1-2H3,(H,20,25)(H,19,21,24). The molecule has 2 N–H and O–H groups in total. The summed E-state index contributed by atoms with van der Waals surface area (Å²) in [5.41, 5.74) is 0.893. The van der Waals surface area contributed by atoms with Gasteiger partial charge in [0.1, 0.15) is 12.4 Å². The second-order valence-corrected chi connectivity index (χ2v) is 6.15. The molecule has 9 nitrogen and oxygen atoms in total. The average Bonchev–Trinajstić information content (AvgIpc) is 3.00. The molecule has 3 aromatic rings. The Bertz CT molecular complexity index is 1070. The summed E-state index contributed by atoms with van der Waals surface area (Å²) in [7, 11) is 0. The Hall–Kier alpha value is -3.62. The molecule has 27 heavy (non-hydrogen) atoms. The Kier molecular flexibility index (Phi) is 4.11. The fourth-order valence-corrected chi connectivity index (χ4v) is 2.77. The van der Waals surface area contributed by atoms with Crippen LogP contribution in [0.15, 0.2) is 41.2 Å². The Balaban J connectivity index is 1.58. The number of para-hydroxylation sites is 2. The van der Waals surface area contributed by atoms with Crippen LogP contribution in [0.4, 0.5) is 5.82 Å². The predicted molar refractivity (Wildman–Crippen MR) is 96.4 cm³/mol. The highest BCUT2D eigenvalue weighted by atomic mass is 16.6. The van der Waals surface area contributed by atoms with E-state index in [9.17, 15) is 9.59 Å². The lowest BCUT2D eigenvalue weighted by molar-refractivity contribution is -0.125. The first-order chi connectivity index (χ1) is 13.0. The Morgan fingerprint density at radius 1 is 1.22 bits per heavy atom. The fourth-order valence-electron chi connectivity index (χ4n) is 2.77. The minimum absolute atomic E-state index is 0.0928. The van der Waals surface area contributed by atoms with Gasteiger partial charge in [0.15, 0.2) is 11.5 Å². The fraction of sp³-hybridized carbons (Fsp3) is 0.222. The second kappa shape index (κ2) is 6.60. The first-order valence-electron chi connectivity index (χ1n) is 8.34. The molecule has 4 rings (SSSR count). The van der Waals surface area contributed by atoms with E-state index in [0.717, 1.165) is 0 Å². The SMILES string of the molecule is Cc1cc(=O)[nH]c(-n2nc(C)cc2NC(=O)C2COc3ccccc3O2)n1. The Morgan fingerprint density at radius 3 is 2.78 bits per heavy atom. The molecule has 1 aliphatic heterocycles. The molecule has 138 valence electrons. The molecule has 1 amide bonds. The van der Waals surface area contributed by atoms with Gasteiger partial charge in [-0.15, -0.1) is 0 Å². The van der Waals surface area contributed by atoms with Gasteiger partial charge in [0.05, 0.1) is 5.69 Å². The summed E-state index contributed by atoms with van der Waals surface area (Å²) in [6, 6.07) is 10.2. The second-order valence-electron chi connectivity index (χ2n) is 6.15. The van der Waals surface area contributed by atoms with Gasteiger partial charge in [-0.05, 0) is 26.0 Å². The number of aromatic nitrogens is 4. The van der Waals surface area contributed by atoms with Crippen molar-refractivity contribution in [3.8, 4) is 17.4 Å². The molecule has 0 bridgehead atoms. The zero-order chi connectivity index (χ0) is 19.0. The van der Waals surface area contributed by atoms with Crippen LogP contribution in [-0.4, -0.2) is 38.4 Å².